The highest BCUT2D eigenvalue weighted by Crippen LogP contribution is 2.35. The number of nitrogens with two attached hydrogens (primary N) is 1. The van der Waals surface area contributed by atoms with Crippen molar-refractivity contribution in [1.29, 1.82) is 0 Å². The third-order valence-corrected chi connectivity index (χ3v) is 6.61. The summed E-state index contributed by atoms with van der Waals surface area (Å²) in [5, 5.41) is 23.9. The number of aromatic nitrogens is 2. The number of carbonyl (C=O) groups is 1. The number of imidazole rings is 1. The quantitative estimate of drug-likeness (QED) is 0.385. The Labute approximate surface area is 192 Å². The highest BCUT2D eigenvalue weighted by molar-refractivity contribution is 5.94. The second-order valence-electron chi connectivity index (χ2n) is 9.23. The van der Waals surface area contributed by atoms with Crippen LogP contribution in [-0.4, -0.2) is 83.0 Å². The molecule has 2 fully saturated rings. The number of hydrogen-bond donors (Lipinski definition) is 5. The summed E-state index contributed by atoms with van der Waals surface area (Å²) in [4.78, 5) is 23.1. The number of primary amides is 1. The smallest absolute Gasteiger partial charge is 0.404 e. The van der Waals surface area contributed by atoms with Gasteiger partial charge in [-0.05, 0) is 44.7 Å². The lowest BCUT2D eigenvalue weighted by Gasteiger charge is -2.38. The first kappa shape index (κ1) is 23.4. The molecular weight excluding hydrogens is 428 g/mol. The van der Waals surface area contributed by atoms with Crippen LogP contribution in [0.1, 0.15) is 32.6 Å². The normalized spacial score (nSPS) is 22.2. The number of hydrogen-bond acceptors (Lipinski definition) is 9. The molecule has 11 heteroatoms. The van der Waals surface area contributed by atoms with Crippen LogP contribution in [0, 0.1) is 5.92 Å². The maximum absolute atomic E-state index is 11.0. The van der Waals surface area contributed by atoms with Crippen molar-refractivity contribution in [2.24, 2.45) is 11.7 Å². The maximum Gasteiger partial charge on any atom is 0.404 e. The Morgan fingerprint density at radius 1 is 1.39 bits per heavy atom. The van der Waals surface area contributed by atoms with E-state index in [-0.39, 0.29) is 5.92 Å². The predicted octanol–water partition coefficient (Wildman–Crippen LogP) is 1.42. The lowest BCUT2D eigenvalue weighted by Crippen LogP contribution is -2.49. The number of likely N-dealkylation sites (tertiary alicyclic amines) is 1. The molecule has 33 heavy (non-hydrogen) atoms. The highest BCUT2D eigenvalue weighted by Gasteiger charge is 2.31. The standard InChI is InChI=1S/C22H34N6O5/c1-22(31)7-10-27(11-8-22)21(30)26-20-24-17-15(5-6-16(32-2)18(17)25-20)28-9-3-4-14(12-28)13-33-19(23)29/h5-6,14,21,30-31H,3-4,7-13H2,1-2H3,(H2,23,29)(H2,24,25,26). The molecule has 2 aliphatic heterocycles. The summed E-state index contributed by atoms with van der Waals surface area (Å²) in [5.41, 5.74) is 6.86. The Morgan fingerprint density at radius 3 is 2.85 bits per heavy atom. The summed E-state index contributed by atoms with van der Waals surface area (Å²) >= 11 is 0. The fourth-order valence-corrected chi connectivity index (χ4v) is 4.63. The van der Waals surface area contributed by atoms with Crippen LogP contribution in [0.4, 0.5) is 16.4 Å². The number of amides is 1. The highest BCUT2D eigenvalue weighted by atomic mass is 16.5. The van der Waals surface area contributed by atoms with E-state index in [1.54, 1.807) is 7.11 Å². The minimum atomic E-state index is -0.929. The topological polar surface area (TPSA) is 149 Å². The van der Waals surface area contributed by atoms with Crippen molar-refractivity contribution in [3.05, 3.63) is 12.1 Å². The molecule has 2 unspecified atom stereocenters. The molecule has 0 saturated carbocycles. The van der Waals surface area contributed by atoms with Crippen LogP contribution in [0.5, 0.6) is 5.75 Å². The molecular formula is C22H34N6O5. The monoisotopic (exact) mass is 462 g/mol. The second-order valence-corrected chi connectivity index (χ2v) is 9.23. The van der Waals surface area contributed by atoms with Gasteiger partial charge in [-0.3, -0.25) is 4.90 Å². The maximum atomic E-state index is 11.0. The Bertz CT molecular complexity index is 970. The summed E-state index contributed by atoms with van der Waals surface area (Å²) in [6.45, 7) is 4.87. The molecule has 1 aromatic carbocycles. The minimum absolute atomic E-state index is 0.193. The summed E-state index contributed by atoms with van der Waals surface area (Å²) in [5.74, 6) is 1.28. The number of nitrogens with zero attached hydrogens (tertiary/aromatic N) is 3. The van der Waals surface area contributed by atoms with Crippen LogP contribution >= 0.6 is 0 Å². The SMILES string of the molecule is COc1ccc(N2CCCC(COC(N)=O)C2)c2nc(NC(O)N3CCC(C)(O)CC3)[nH]c12. The molecule has 1 aromatic heterocycles. The lowest BCUT2D eigenvalue weighted by atomic mass is 9.94. The van der Waals surface area contributed by atoms with Crippen LogP contribution in [0.2, 0.25) is 0 Å². The van der Waals surface area contributed by atoms with Gasteiger partial charge in [-0.15, -0.1) is 0 Å². The Kier molecular flexibility index (Phi) is 6.82. The molecule has 182 valence electrons. The lowest BCUT2D eigenvalue weighted by molar-refractivity contribution is -0.0552. The number of nitrogens with one attached hydrogen (secondary N) is 2. The van der Waals surface area contributed by atoms with Gasteiger partial charge < -0.3 is 40.6 Å². The molecule has 2 aliphatic rings. The van der Waals surface area contributed by atoms with Gasteiger partial charge in [0.05, 0.1) is 25.0 Å². The number of benzene rings is 1. The number of methoxy groups -OCH3 is 1. The molecule has 2 saturated heterocycles. The van der Waals surface area contributed by atoms with Gasteiger partial charge in [0.25, 0.3) is 0 Å². The Hall–Kier alpha value is -2.76. The van der Waals surface area contributed by atoms with E-state index in [0.29, 0.717) is 44.2 Å². The number of piperidine rings is 2. The zero-order valence-corrected chi connectivity index (χ0v) is 19.2. The van der Waals surface area contributed by atoms with E-state index >= 15 is 0 Å². The average molecular weight is 463 g/mol. The number of aliphatic hydroxyl groups is 2. The number of fused-ring (bicyclic) bond motifs is 1. The van der Waals surface area contributed by atoms with E-state index < -0.39 is 18.0 Å². The number of H-pyrrole nitrogens is 1. The molecule has 2 aromatic rings. The Morgan fingerprint density at radius 2 is 2.15 bits per heavy atom. The first-order chi connectivity index (χ1) is 15.8. The molecule has 3 heterocycles. The molecule has 0 spiro atoms. The number of anilines is 2. The van der Waals surface area contributed by atoms with Gasteiger partial charge in [0.1, 0.15) is 16.8 Å². The predicted molar refractivity (Wildman–Crippen MR) is 124 cm³/mol. The largest absolute Gasteiger partial charge is 0.494 e. The second kappa shape index (κ2) is 9.62. The van der Waals surface area contributed by atoms with E-state index in [0.717, 1.165) is 42.7 Å². The summed E-state index contributed by atoms with van der Waals surface area (Å²) in [6.07, 6.45) is 1.44. The van der Waals surface area contributed by atoms with Gasteiger partial charge in [0.15, 0.2) is 6.35 Å². The van der Waals surface area contributed by atoms with Gasteiger partial charge in [-0.1, -0.05) is 0 Å². The van der Waals surface area contributed by atoms with E-state index in [2.05, 4.69) is 15.2 Å². The first-order valence-electron chi connectivity index (χ1n) is 11.4. The molecule has 2 atom stereocenters. The van der Waals surface area contributed by atoms with Crippen molar-refractivity contribution in [1.82, 2.24) is 14.9 Å². The van der Waals surface area contributed by atoms with Gasteiger partial charge in [0, 0.05) is 32.1 Å². The van der Waals surface area contributed by atoms with Crippen LogP contribution in [0.15, 0.2) is 12.1 Å². The molecule has 0 bridgehead atoms. The minimum Gasteiger partial charge on any atom is -0.494 e. The molecule has 0 aliphatic carbocycles. The van der Waals surface area contributed by atoms with Crippen LogP contribution in [0.25, 0.3) is 11.0 Å². The van der Waals surface area contributed by atoms with Crippen LogP contribution < -0.4 is 20.7 Å². The Balaban J connectivity index is 1.52. The number of carbonyl (C=O) groups excluding carboxylic acids is 1. The number of rotatable bonds is 7. The fraction of sp³-hybridized carbons (Fsp3) is 0.636. The van der Waals surface area contributed by atoms with Gasteiger partial charge >= 0.3 is 6.09 Å². The van der Waals surface area contributed by atoms with Crippen molar-refractivity contribution < 1.29 is 24.5 Å². The van der Waals surface area contributed by atoms with Crippen molar-refractivity contribution in [2.75, 3.05) is 50.1 Å². The molecule has 11 nitrogen and oxygen atoms in total. The van der Waals surface area contributed by atoms with E-state index in [4.69, 9.17) is 20.2 Å². The zero-order valence-electron chi connectivity index (χ0n) is 19.2. The molecule has 1 amide bonds. The molecule has 6 N–H and O–H groups in total. The fourth-order valence-electron chi connectivity index (χ4n) is 4.63. The number of aliphatic hydroxyl groups excluding tert-OH is 1. The first-order valence-corrected chi connectivity index (χ1v) is 11.4. The molecule has 0 radical (unpaired) electrons. The summed E-state index contributed by atoms with van der Waals surface area (Å²) in [6, 6.07) is 3.87. The van der Waals surface area contributed by atoms with Crippen LogP contribution in [-0.2, 0) is 4.74 Å². The van der Waals surface area contributed by atoms with E-state index in [1.807, 2.05) is 24.0 Å². The van der Waals surface area contributed by atoms with Gasteiger partial charge in [-0.2, -0.15) is 0 Å². The van der Waals surface area contributed by atoms with Crippen molar-refractivity contribution in [3.63, 3.8) is 0 Å². The number of aromatic amines is 1. The zero-order chi connectivity index (χ0) is 23.6. The molecule has 4 rings (SSSR count). The van der Waals surface area contributed by atoms with Gasteiger partial charge in [-0.25, -0.2) is 9.78 Å². The third kappa shape index (κ3) is 5.43. The van der Waals surface area contributed by atoms with Crippen LogP contribution in [0.3, 0.4) is 0 Å². The average Bonchev–Trinajstić information content (AvgIpc) is 3.20. The van der Waals surface area contributed by atoms with Crippen molar-refractivity contribution in [2.45, 2.75) is 44.6 Å². The number of ether oxygens (including phenoxy) is 2. The van der Waals surface area contributed by atoms with Crippen molar-refractivity contribution in [3.8, 4) is 5.75 Å². The van der Waals surface area contributed by atoms with Crippen molar-refractivity contribution >= 4 is 28.8 Å². The third-order valence-electron chi connectivity index (χ3n) is 6.61. The van der Waals surface area contributed by atoms with E-state index in [1.165, 1.54) is 0 Å². The van der Waals surface area contributed by atoms with Gasteiger partial charge in [0.2, 0.25) is 5.95 Å². The summed E-state index contributed by atoms with van der Waals surface area (Å²) < 4.78 is 10.5. The summed E-state index contributed by atoms with van der Waals surface area (Å²) in [7, 11) is 1.61. The van der Waals surface area contributed by atoms with E-state index in [9.17, 15) is 15.0 Å².